The average Bonchev–Trinajstić information content (AvgIpc) is 3.19. The number of hydrogen-bond acceptors (Lipinski definition) is 13. The molecular weight excluding hydrogens is 700 g/mol. The van der Waals surface area contributed by atoms with E-state index >= 15 is 0 Å². The Morgan fingerprint density at radius 1 is 0.667 bits per heavy atom. The van der Waals surface area contributed by atoms with Crippen LogP contribution < -0.4 is 14.2 Å². The minimum absolute atomic E-state index is 0.0599. The smallest absolute Gasteiger partial charge is 0.339 e. The molecule has 0 aromatic heterocycles. The van der Waals surface area contributed by atoms with Crippen LogP contribution in [0.4, 0.5) is 0 Å². The van der Waals surface area contributed by atoms with Crippen molar-refractivity contribution in [3.63, 3.8) is 0 Å². The van der Waals surface area contributed by atoms with Crippen LogP contribution in [0.3, 0.4) is 0 Å². The molecule has 0 spiro atoms. The number of ether oxygens (including phenoxy) is 5. The van der Waals surface area contributed by atoms with Gasteiger partial charge in [-0.2, -0.15) is 0 Å². The third-order valence-electron chi connectivity index (χ3n) is 11.3. The van der Waals surface area contributed by atoms with E-state index < -0.39 is 35.0 Å². The minimum atomic E-state index is -0.904. The van der Waals surface area contributed by atoms with Gasteiger partial charge in [0.15, 0.2) is 11.5 Å². The second kappa shape index (κ2) is 20.1. The van der Waals surface area contributed by atoms with Gasteiger partial charge in [-0.3, -0.25) is 0 Å². The van der Waals surface area contributed by atoms with Crippen LogP contribution in [0.15, 0.2) is 53.6 Å². The van der Waals surface area contributed by atoms with E-state index in [-0.39, 0.29) is 88.3 Å². The van der Waals surface area contributed by atoms with Crippen molar-refractivity contribution in [2.75, 3.05) is 61.0 Å². The molecule has 2 aromatic carbocycles. The van der Waals surface area contributed by atoms with Gasteiger partial charge in [-0.05, 0) is 111 Å². The highest BCUT2D eigenvalue weighted by molar-refractivity contribution is 6.12. The summed E-state index contributed by atoms with van der Waals surface area (Å²) in [6.45, 7) is -1.01. The molecule has 2 aliphatic rings. The van der Waals surface area contributed by atoms with Crippen LogP contribution in [-0.2, 0) is 19.1 Å². The second-order valence-corrected chi connectivity index (χ2v) is 14.5. The minimum Gasteiger partial charge on any atom is -0.497 e. The standard InChI is InChI=1S/C41H56O13/c1-50-31-7-4-27(5-8-31)18-32(38(48)53-23-29-10-12-40(25-44,14-16-42)36(46)21-29)33(19-28-6-9-34(51-2)35(20-28)52-3)39(49)54-24-30-11-13-41(26-45,15-17-43)37(47)22-30/h4-9,18-20,29-30,36-37,42-47H,10-17,21-26H2,1-3H3. The van der Waals surface area contributed by atoms with Gasteiger partial charge in [-0.1, -0.05) is 18.2 Å². The zero-order valence-corrected chi connectivity index (χ0v) is 31.4. The summed E-state index contributed by atoms with van der Waals surface area (Å²) in [4.78, 5) is 28.3. The highest BCUT2D eigenvalue weighted by Gasteiger charge is 2.43. The molecule has 298 valence electrons. The van der Waals surface area contributed by atoms with Crippen LogP contribution in [0.25, 0.3) is 12.2 Å². The average molecular weight is 757 g/mol. The molecule has 0 radical (unpaired) electrons. The molecule has 0 heterocycles. The fraction of sp³-hybridized carbons (Fsp3) is 0.561. The van der Waals surface area contributed by atoms with Crippen molar-refractivity contribution in [2.45, 2.75) is 63.6 Å². The summed E-state index contributed by atoms with van der Waals surface area (Å²) in [5, 5.41) is 61.0. The molecule has 0 saturated heterocycles. The number of aliphatic hydroxyl groups is 6. The van der Waals surface area contributed by atoms with E-state index in [0.717, 1.165) is 0 Å². The maximum absolute atomic E-state index is 14.2. The SMILES string of the molecule is COc1ccc(C=C(C(=O)OCC2CCC(CO)(CCO)C(O)C2)C(=Cc2ccc(OC)c(OC)c2)C(=O)OCC2CCC(CO)(CCO)C(O)C2)cc1. The predicted molar refractivity (Wildman–Crippen MR) is 200 cm³/mol. The number of hydrogen-bond donors (Lipinski definition) is 6. The van der Waals surface area contributed by atoms with Gasteiger partial charge in [0.2, 0.25) is 0 Å². The molecule has 2 fully saturated rings. The lowest BCUT2D eigenvalue weighted by atomic mass is 9.67. The summed E-state index contributed by atoms with van der Waals surface area (Å²) in [5.74, 6) is -0.638. The molecule has 2 saturated carbocycles. The lowest BCUT2D eigenvalue weighted by Gasteiger charge is -2.42. The number of aliphatic hydroxyl groups excluding tert-OH is 6. The molecule has 0 amide bonds. The summed E-state index contributed by atoms with van der Waals surface area (Å²) in [6.07, 6.45) is 4.20. The van der Waals surface area contributed by atoms with Crippen molar-refractivity contribution in [1.82, 2.24) is 0 Å². The van der Waals surface area contributed by atoms with E-state index in [1.54, 1.807) is 42.5 Å². The van der Waals surface area contributed by atoms with Gasteiger partial charge < -0.3 is 54.3 Å². The monoisotopic (exact) mass is 756 g/mol. The van der Waals surface area contributed by atoms with Gasteiger partial charge in [0.05, 0.1) is 71.1 Å². The van der Waals surface area contributed by atoms with E-state index in [9.17, 15) is 40.2 Å². The Morgan fingerprint density at radius 2 is 1.13 bits per heavy atom. The number of esters is 2. The first-order valence-corrected chi connectivity index (χ1v) is 18.4. The normalized spacial score (nSPS) is 26.2. The first-order valence-electron chi connectivity index (χ1n) is 18.4. The third-order valence-corrected chi connectivity index (χ3v) is 11.3. The number of benzene rings is 2. The zero-order chi connectivity index (χ0) is 39.3. The van der Waals surface area contributed by atoms with Crippen molar-refractivity contribution in [3.05, 3.63) is 64.7 Å². The number of carbonyl (C=O) groups is 2. The Morgan fingerprint density at radius 3 is 1.54 bits per heavy atom. The first kappa shape index (κ1) is 42.8. The molecule has 54 heavy (non-hydrogen) atoms. The van der Waals surface area contributed by atoms with E-state index in [0.29, 0.717) is 54.1 Å². The fourth-order valence-corrected chi connectivity index (χ4v) is 7.55. The van der Waals surface area contributed by atoms with Crippen LogP contribution in [0.2, 0.25) is 0 Å². The van der Waals surface area contributed by atoms with E-state index in [1.165, 1.54) is 33.5 Å². The van der Waals surface area contributed by atoms with Crippen molar-refractivity contribution in [1.29, 1.82) is 0 Å². The van der Waals surface area contributed by atoms with E-state index in [2.05, 4.69) is 0 Å². The Hall–Kier alpha value is -3.98. The topological polar surface area (TPSA) is 202 Å². The molecule has 0 aliphatic heterocycles. The number of methoxy groups -OCH3 is 3. The first-order chi connectivity index (χ1) is 26.0. The Bertz CT molecular complexity index is 1590. The molecule has 13 heteroatoms. The summed E-state index contributed by atoms with van der Waals surface area (Å²) >= 11 is 0. The number of carbonyl (C=O) groups excluding carboxylic acids is 2. The van der Waals surface area contributed by atoms with Crippen molar-refractivity contribution >= 4 is 24.1 Å². The van der Waals surface area contributed by atoms with Gasteiger partial charge in [0.25, 0.3) is 0 Å². The van der Waals surface area contributed by atoms with Crippen molar-refractivity contribution in [3.8, 4) is 17.2 Å². The van der Waals surface area contributed by atoms with Gasteiger partial charge in [-0.15, -0.1) is 0 Å². The molecule has 13 nitrogen and oxygen atoms in total. The van der Waals surface area contributed by atoms with Crippen LogP contribution in [-0.4, -0.2) is 116 Å². The van der Waals surface area contributed by atoms with E-state index in [4.69, 9.17) is 23.7 Å². The van der Waals surface area contributed by atoms with E-state index in [1.807, 2.05) is 0 Å². The second-order valence-electron chi connectivity index (χ2n) is 14.5. The van der Waals surface area contributed by atoms with Crippen molar-refractivity contribution in [2.24, 2.45) is 22.7 Å². The summed E-state index contributed by atoms with van der Waals surface area (Å²) in [5.41, 5.74) is -0.766. The Labute approximate surface area is 316 Å². The molecule has 6 atom stereocenters. The molecule has 4 rings (SSSR count). The van der Waals surface area contributed by atoms with Crippen molar-refractivity contribution < 1.29 is 63.9 Å². The summed E-state index contributed by atoms with van der Waals surface area (Å²) in [7, 11) is 4.51. The Kier molecular flexibility index (Phi) is 15.9. The molecular formula is C41H56O13. The zero-order valence-electron chi connectivity index (χ0n) is 31.4. The number of rotatable bonds is 18. The van der Waals surface area contributed by atoms with Gasteiger partial charge in [0, 0.05) is 24.0 Å². The highest BCUT2D eigenvalue weighted by atomic mass is 16.5. The largest absolute Gasteiger partial charge is 0.497 e. The third kappa shape index (κ3) is 10.4. The predicted octanol–water partition coefficient (Wildman–Crippen LogP) is 3.31. The Balaban J connectivity index is 1.67. The molecule has 6 N–H and O–H groups in total. The molecule has 2 aliphatic carbocycles. The van der Waals surface area contributed by atoms with Crippen LogP contribution >= 0.6 is 0 Å². The van der Waals surface area contributed by atoms with Gasteiger partial charge >= 0.3 is 11.9 Å². The lowest BCUT2D eigenvalue weighted by molar-refractivity contribution is -0.146. The van der Waals surface area contributed by atoms with Gasteiger partial charge in [-0.25, -0.2) is 9.59 Å². The van der Waals surface area contributed by atoms with Crippen LogP contribution in [0.5, 0.6) is 17.2 Å². The highest BCUT2D eigenvalue weighted by Crippen LogP contribution is 2.43. The maximum Gasteiger partial charge on any atom is 0.339 e. The summed E-state index contributed by atoms with van der Waals surface area (Å²) in [6, 6.07) is 11.9. The maximum atomic E-state index is 14.2. The lowest BCUT2D eigenvalue weighted by Crippen LogP contribution is -2.45. The quantitative estimate of drug-likeness (QED) is 0.0736. The molecule has 2 aromatic rings. The molecule has 0 bridgehead atoms. The van der Waals surface area contributed by atoms with Crippen LogP contribution in [0, 0.1) is 22.7 Å². The van der Waals surface area contributed by atoms with Gasteiger partial charge in [0.1, 0.15) is 5.75 Å². The molecule has 6 unspecified atom stereocenters. The summed E-state index contributed by atoms with van der Waals surface area (Å²) < 4.78 is 27.9. The van der Waals surface area contributed by atoms with Crippen LogP contribution in [0.1, 0.15) is 62.5 Å². The fourth-order valence-electron chi connectivity index (χ4n) is 7.55.